The predicted octanol–water partition coefficient (Wildman–Crippen LogP) is 0.708. The van der Waals surface area contributed by atoms with Crippen LogP contribution in [0.5, 0.6) is 0 Å². The van der Waals surface area contributed by atoms with Gasteiger partial charge in [0.2, 0.25) is 10.0 Å². The summed E-state index contributed by atoms with van der Waals surface area (Å²) >= 11 is 0. The van der Waals surface area contributed by atoms with Crippen LogP contribution in [0, 0.1) is 0 Å². The fourth-order valence-corrected chi connectivity index (χ4v) is 2.95. The molecule has 0 aliphatic heterocycles. The Hall–Kier alpha value is -1.03. The summed E-state index contributed by atoms with van der Waals surface area (Å²) in [4.78, 5) is 11.4. The molecule has 1 saturated carbocycles. The molecule has 0 heterocycles. The third-order valence-electron chi connectivity index (χ3n) is 2.90. The van der Waals surface area contributed by atoms with Crippen molar-refractivity contribution in [1.82, 2.24) is 15.4 Å². The van der Waals surface area contributed by atoms with E-state index in [0.717, 1.165) is 19.1 Å². The number of carbonyl (C=O) groups excluding carboxylic acids is 1. The normalized spacial score (nSPS) is 24.2. The average molecular weight is 317 g/mol. The molecule has 2 amide bonds. The summed E-state index contributed by atoms with van der Waals surface area (Å²) in [6.07, 6.45) is -0.831. The van der Waals surface area contributed by atoms with Crippen LogP contribution in [0.25, 0.3) is 0 Å². The number of rotatable bonds is 4. The zero-order valence-electron chi connectivity index (χ0n) is 11.0. The molecular formula is C10H18F3N3O3S. The standard InChI is InChI=1S/C10H18F3N3O3S/c1-20(18,19)16-8-5-3-2-4-7(8)15-9(17)14-6-10(11,12)13/h7-8,16H,2-6H2,1H3,(H2,14,15,17)/t7-,8-/m1/s1. The van der Waals surface area contributed by atoms with Crippen molar-refractivity contribution < 1.29 is 26.4 Å². The van der Waals surface area contributed by atoms with Gasteiger partial charge in [-0.3, -0.25) is 0 Å². The number of carbonyl (C=O) groups is 1. The highest BCUT2D eigenvalue weighted by Gasteiger charge is 2.31. The predicted molar refractivity (Wildman–Crippen MR) is 66.6 cm³/mol. The van der Waals surface area contributed by atoms with Crippen molar-refractivity contribution in [2.75, 3.05) is 12.8 Å². The second kappa shape index (κ2) is 6.61. The second-order valence-corrected chi connectivity index (χ2v) is 6.61. The SMILES string of the molecule is CS(=O)(=O)N[C@@H]1CCCC[C@H]1NC(=O)NCC(F)(F)F. The van der Waals surface area contributed by atoms with Gasteiger partial charge >= 0.3 is 12.2 Å². The molecule has 0 radical (unpaired) electrons. The number of hydrogen-bond donors (Lipinski definition) is 3. The fourth-order valence-electron chi connectivity index (χ4n) is 2.12. The van der Waals surface area contributed by atoms with Gasteiger partial charge in [0.25, 0.3) is 0 Å². The lowest BCUT2D eigenvalue weighted by Gasteiger charge is -2.32. The van der Waals surface area contributed by atoms with Crippen molar-refractivity contribution in [3.63, 3.8) is 0 Å². The highest BCUT2D eigenvalue weighted by molar-refractivity contribution is 7.88. The van der Waals surface area contributed by atoms with Crippen molar-refractivity contribution in [3.8, 4) is 0 Å². The van der Waals surface area contributed by atoms with Gasteiger partial charge in [0.1, 0.15) is 6.54 Å². The topological polar surface area (TPSA) is 87.3 Å². The molecule has 20 heavy (non-hydrogen) atoms. The van der Waals surface area contributed by atoms with E-state index in [2.05, 4.69) is 10.0 Å². The molecule has 1 aliphatic rings. The minimum absolute atomic E-state index is 0.490. The van der Waals surface area contributed by atoms with Crippen LogP contribution in [0.1, 0.15) is 25.7 Å². The van der Waals surface area contributed by atoms with Crippen molar-refractivity contribution in [2.24, 2.45) is 0 Å². The quantitative estimate of drug-likeness (QED) is 0.713. The molecule has 1 aliphatic carbocycles. The van der Waals surface area contributed by atoms with E-state index < -0.39 is 40.9 Å². The zero-order valence-corrected chi connectivity index (χ0v) is 11.8. The van der Waals surface area contributed by atoms with E-state index in [1.807, 2.05) is 0 Å². The Kier molecular flexibility index (Phi) is 5.63. The molecule has 6 nitrogen and oxygen atoms in total. The van der Waals surface area contributed by atoms with Crippen molar-refractivity contribution in [2.45, 2.75) is 43.9 Å². The van der Waals surface area contributed by atoms with E-state index in [1.54, 1.807) is 5.32 Å². The number of hydrogen-bond acceptors (Lipinski definition) is 3. The number of alkyl halides is 3. The number of halogens is 3. The minimum Gasteiger partial charge on any atom is -0.334 e. The van der Waals surface area contributed by atoms with E-state index in [4.69, 9.17) is 0 Å². The molecule has 118 valence electrons. The molecule has 0 saturated heterocycles. The maximum atomic E-state index is 12.0. The maximum Gasteiger partial charge on any atom is 0.405 e. The van der Waals surface area contributed by atoms with Crippen LogP contribution in [0.3, 0.4) is 0 Å². The maximum absolute atomic E-state index is 12.0. The summed E-state index contributed by atoms with van der Waals surface area (Å²) in [6, 6.07) is -1.95. The summed E-state index contributed by atoms with van der Waals surface area (Å²) in [5.74, 6) is 0. The molecule has 2 atom stereocenters. The average Bonchev–Trinajstić information content (AvgIpc) is 2.26. The first-order valence-corrected chi connectivity index (χ1v) is 8.04. The van der Waals surface area contributed by atoms with Gasteiger partial charge in [-0.2, -0.15) is 13.2 Å². The Morgan fingerprint density at radius 3 is 2.25 bits per heavy atom. The number of nitrogens with one attached hydrogen (secondary N) is 3. The Bertz CT molecular complexity index is 439. The van der Waals surface area contributed by atoms with Crippen LogP contribution >= 0.6 is 0 Å². The molecule has 10 heteroatoms. The fraction of sp³-hybridized carbons (Fsp3) is 0.900. The Morgan fingerprint density at radius 1 is 1.20 bits per heavy atom. The largest absolute Gasteiger partial charge is 0.405 e. The third-order valence-corrected chi connectivity index (χ3v) is 3.63. The molecular weight excluding hydrogens is 299 g/mol. The van der Waals surface area contributed by atoms with Crippen LogP contribution in [-0.2, 0) is 10.0 Å². The van der Waals surface area contributed by atoms with Gasteiger partial charge in [0.05, 0.1) is 6.26 Å². The molecule has 0 aromatic heterocycles. The highest BCUT2D eigenvalue weighted by Crippen LogP contribution is 2.19. The van der Waals surface area contributed by atoms with Crippen LogP contribution in [0.15, 0.2) is 0 Å². The highest BCUT2D eigenvalue weighted by atomic mass is 32.2. The smallest absolute Gasteiger partial charge is 0.334 e. The summed E-state index contributed by atoms with van der Waals surface area (Å²) in [7, 11) is -3.43. The second-order valence-electron chi connectivity index (χ2n) is 4.83. The lowest BCUT2D eigenvalue weighted by atomic mass is 9.91. The zero-order chi connectivity index (χ0) is 15.4. The van der Waals surface area contributed by atoms with Gasteiger partial charge in [-0.05, 0) is 12.8 Å². The molecule has 0 aromatic carbocycles. The Balaban J connectivity index is 2.52. The number of sulfonamides is 1. The molecule has 0 bridgehead atoms. The first-order chi connectivity index (χ1) is 9.07. The number of amides is 2. The van der Waals surface area contributed by atoms with Gasteiger partial charge in [-0.25, -0.2) is 17.9 Å². The summed E-state index contributed by atoms with van der Waals surface area (Å²) in [6.45, 7) is -1.42. The van der Waals surface area contributed by atoms with Crippen molar-refractivity contribution in [3.05, 3.63) is 0 Å². The summed E-state index contributed by atoms with van der Waals surface area (Å²) in [5, 5.41) is 4.09. The van der Waals surface area contributed by atoms with Gasteiger partial charge in [0.15, 0.2) is 0 Å². The van der Waals surface area contributed by atoms with Crippen LogP contribution in [-0.4, -0.2) is 45.5 Å². The van der Waals surface area contributed by atoms with E-state index in [-0.39, 0.29) is 0 Å². The molecule has 0 unspecified atom stereocenters. The Labute approximate surface area is 115 Å². The molecule has 1 fully saturated rings. The van der Waals surface area contributed by atoms with Crippen molar-refractivity contribution in [1.29, 1.82) is 0 Å². The molecule has 0 aromatic rings. The lowest BCUT2D eigenvalue weighted by Crippen LogP contribution is -2.55. The van der Waals surface area contributed by atoms with Crippen molar-refractivity contribution >= 4 is 16.1 Å². The molecule has 3 N–H and O–H groups in total. The van der Waals surface area contributed by atoms with E-state index in [9.17, 15) is 26.4 Å². The number of urea groups is 1. The Morgan fingerprint density at radius 2 is 1.75 bits per heavy atom. The summed E-state index contributed by atoms with van der Waals surface area (Å²) < 4.78 is 60.7. The third kappa shape index (κ3) is 6.94. The molecule has 1 rings (SSSR count). The van der Waals surface area contributed by atoms with E-state index >= 15 is 0 Å². The first-order valence-electron chi connectivity index (χ1n) is 6.15. The monoisotopic (exact) mass is 317 g/mol. The molecule has 0 spiro atoms. The van der Waals surface area contributed by atoms with Gasteiger partial charge < -0.3 is 10.6 Å². The summed E-state index contributed by atoms with van der Waals surface area (Å²) in [5.41, 5.74) is 0. The first kappa shape index (κ1) is 17.0. The van der Waals surface area contributed by atoms with Gasteiger partial charge in [-0.1, -0.05) is 12.8 Å². The lowest BCUT2D eigenvalue weighted by molar-refractivity contribution is -0.122. The van der Waals surface area contributed by atoms with Crippen LogP contribution < -0.4 is 15.4 Å². The van der Waals surface area contributed by atoms with Crippen LogP contribution in [0.2, 0.25) is 0 Å². The van der Waals surface area contributed by atoms with Crippen LogP contribution in [0.4, 0.5) is 18.0 Å². The van der Waals surface area contributed by atoms with Gasteiger partial charge in [0, 0.05) is 12.1 Å². The minimum atomic E-state index is -4.48. The van der Waals surface area contributed by atoms with E-state index in [1.165, 1.54) is 0 Å². The van der Waals surface area contributed by atoms with Gasteiger partial charge in [-0.15, -0.1) is 0 Å². The van der Waals surface area contributed by atoms with E-state index in [0.29, 0.717) is 12.8 Å².